The Morgan fingerprint density at radius 2 is 1.86 bits per heavy atom. The van der Waals surface area contributed by atoms with E-state index in [1.165, 1.54) is 10.7 Å². The predicted molar refractivity (Wildman–Crippen MR) is 163 cm³/mol. The summed E-state index contributed by atoms with van der Waals surface area (Å²) >= 11 is 6.38. The Hall–Kier alpha value is -3.22. The minimum absolute atomic E-state index is 0.0845. The molecule has 1 unspecified atom stereocenters. The Labute approximate surface area is 253 Å². The maximum Gasteiger partial charge on any atom is 0.238 e. The number of aromatic nitrogens is 4. The molecule has 13 heteroatoms. The second-order valence-electron chi connectivity index (χ2n) is 10.4. The van der Waals surface area contributed by atoms with Crippen LogP contribution in [0.5, 0.6) is 5.75 Å². The summed E-state index contributed by atoms with van der Waals surface area (Å²) in [5.41, 5.74) is 0.931. The van der Waals surface area contributed by atoms with E-state index in [2.05, 4.69) is 27.2 Å². The molecular weight excluding hydrogens is 578 g/mol. The molecule has 1 aliphatic heterocycles. The second-order valence-corrected chi connectivity index (χ2v) is 12.9. The van der Waals surface area contributed by atoms with Crippen molar-refractivity contribution in [3.05, 3.63) is 59.8 Å². The largest absolute Gasteiger partial charge is 0.497 e. The quantitative estimate of drug-likeness (QED) is 0.199. The molecule has 1 saturated heterocycles. The zero-order valence-corrected chi connectivity index (χ0v) is 25.9. The van der Waals surface area contributed by atoms with Crippen molar-refractivity contribution in [3.8, 4) is 11.7 Å². The molecule has 3 aromatic rings. The average molecular weight is 618 g/mol. The van der Waals surface area contributed by atoms with E-state index in [9.17, 15) is 13.2 Å². The molecule has 4 rings (SSSR count). The van der Waals surface area contributed by atoms with Gasteiger partial charge in [-0.2, -0.15) is 9.29 Å². The fourth-order valence-electron chi connectivity index (χ4n) is 5.01. The number of rotatable bonds is 15. The number of hydrogen-bond acceptors (Lipinski definition) is 8. The molecule has 0 radical (unpaired) electrons. The van der Waals surface area contributed by atoms with Gasteiger partial charge in [-0.05, 0) is 24.1 Å². The second kappa shape index (κ2) is 15.3. The number of benzene rings is 1. The Morgan fingerprint density at radius 3 is 2.57 bits per heavy atom. The maximum absolute atomic E-state index is 13.3. The molecule has 42 heavy (non-hydrogen) atoms. The van der Waals surface area contributed by atoms with Crippen molar-refractivity contribution in [2.75, 3.05) is 37.4 Å². The number of halogens is 1. The first kappa shape index (κ1) is 31.7. The third kappa shape index (κ3) is 8.89. The van der Waals surface area contributed by atoms with Gasteiger partial charge in [-0.3, -0.25) is 9.36 Å². The summed E-state index contributed by atoms with van der Waals surface area (Å²) in [6.45, 7) is 3.34. The molecule has 228 valence electrons. The van der Waals surface area contributed by atoms with Gasteiger partial charge in [0.15, 0.2) is 0 Å². The number of imidazole rings is 1. The van der Waals surface area contributed by atoms with E-state index in [0.717, 1.165) is 37.0 Å². The Balaban J connectivity index is 1.48. The number of carbonyl (C=O) groups is 1. The number of unbranched alkanes of at least 4 members (excludes halogenated alkanes) is 5. The van der Waals surface area contributed by atoms with E-state index < -0.39 is 16.1 Å². The van der Waals surface area contributed by atoms with Gasteiger partial charge in [-0.15, -0.1) is 0 Å². The lowest BCUT2D eigenvalue weighted by Crippen LogP contribution is -2.56. The standard InChI is InChI=1S/C29H40ClN7O4S/c1-3-4-5-6-7-8-17-42(39,40)36-15-16-37(27-19-26(30)33-29(34-27)35-14-13-31-22-35)24(21-36)18-28(38)32-20-23-9-11-25(41-2)12-10-23/h9-14,19,22,24H,3-8,15-18,20-21H2,1-2H3,(H,32,38). The van der Waals surface area contributed by atoms with Crippen molar-refractivity contribution >= 4 is 33.3 Å². The van der Waals surface area contributed by atoms with Crippen LogP contribution >= 0.6 is 11.6 Å². The van der Waals surface area contributed by atoms with Crippen LogP contribution in [-0.4, -0.2) is 76.7 Å². The molecular formula is C29H40ClN7O4S. The van der Waals surface area contributed by atoms with Crippen molar-refractivity contribution in [2.45, 2.75) is 64.5 Å². The number of ether oxygens (including phenoxy) is 1. The molecule has 3 heterocycles. The number of amides is 1. The van der Waals surface area contributed by atoms with E-state index in [0.29, 0.717) is 37.8 Å². The van der Waals surface area contributed by atoms with Gasteiger partial charge in [-0.1, -0.05) is 62.8 Å². The number of sulfonamides is 1. The van der Waals surface area contributed by atoms with Crippen LogP contribution in [0.1, 0.15) is 57.4 Å². The van der Waals surface area contributed by atoms with Crippen LogP contribution in [0.25, 0.3) is 5.95 Å². The predicted octanol–water partition coefficient (Wildman–Crippen LogP) is 4.21. The van der Waals surface area contributed by atoms with Gasteiger partial charge in [-0.25, -0.2) is 18.4 Å². The average Bonchev–Trinajstić information content (AvgIpc) is 3.53. The fourth-order valence-corrected chi connectivity index (χ4v) is 6.77. The Kier molecular flexibility index (Phi) is 11.6. The van der Waals surface area contributed by atoms with Gasteiger partial charge in [0.05, 0.1) is 18.9 Å². The summed E-state index contributed by atoms with van der Waals surface area (Å²) < 4.78 is 35.0. The lowest BCUT2D eigenvalue weighted by molar-refractivity contribution is -0.121. The van der Waals surface area contributed by atoms with Crippen LogP contribution in [0.2, 0.25) is 5.15 Å². The first-order valence-electron chi connectivity index (χ1n) is 14.5. The summed E-state index contributed by atoms with van der Waals surface area (Å²) in [4.78, 5) is 28.2. The van der Waals surface area contributed by atoms with Crippen molar-refractivity contribution < 1.29 is 17.9 Å². The van der Waals surface area contributed by atoms with Gasteiger partial charge in [0, 0.05) is 51.1 Å². The van der Waals surface area contributed by atoms with E-state index in [4.69, 9.17) is 16.3 Å². The summed E-state index contributed by atoms with van der Waals surface area (Å²) in [5, 5.41) is 3.21. The number of anilines is 1. The van der Waals surface area contributed by atoms with Crippen LogP contribution in [0.3, 0.4) is 0 Å². The number of methoxy groups -OCH3 is 1. The van der Waals surface area contributed by atoms with Crippen LogP contribution in [0, 0.1) is 0 Å². The molecule has 1 aliphatic rings. The van der Waals surface area contributed by atoms with Gasteiger partial charge in [0.2, 0.25) is 21.9 Å². The molecule has 1 amide bonds. The SMILES string of the molecule is CCCCCCCCS(=O)(=O)N1CCN(c2cc(Cl)nc(-n3ccnc3)n2)C(CC(=O)NCc2ccc(OC)cc2)C1. The molecule has 1 N–H and O–H groups in total. The first-order chi connectivity index (χ1) is 20.3. The summed E-state index contributed by atoms with van der Waals surface area (Å²) in [6.07, 6.45) is 11.0. The topological polar surface area (TPSA) is 123 Å². The Morgan fingerprint density at radius 1 is 1.10 bits per heavy atom. The molecule has 0 saturated carbocycles. The zero-order chi connectivity index (χ0) is 30.0. The van der Waals surface area contributed by atoms with Crippen LogP contribution < -0.4 is 15.0 Å². The fraction of sp³-hybridized carbons (Fsp3) is 0.517. The minimum Gasteiger partial charge on any atom is -0.497 e. The number of nitrogens with one attached hydrogen (secondary N) is 1. The van der Waals surface area contributed by atoms with Crippen molar-refractivity contribution in [2.24, 2.45) is 0 Å². The molecule has 0 aliphatic carbocycles. The number of carbonyl (C=O) groups excluding carboxylic acids is 1. The number of piperazine rings is 1. The van der Waals surface area contributed by atoms with E-state index in [-0.39, 0.29) is 29.8 Å². The summed E-state index contributed by atoms with van der Waals surface area (Å²) in [7, 11) is -1.87. The normalized spacial score (nSPS) is 16.0. The van der Waals surface area contributed by atoms with Crippen LogP contribution in [0.4, 0.5) is 5.82 Å². The molecule has 2 aromatic heterocycles. The maximum atomic E-state index is 13.3. The summed E-state index contributed by atoms with van der Waals surface area (Å²) in [5.74, 6) is 1.53. The van der Waals surface area contributed by atoms with Gasteiger partial charge >= 0.3 is 0 Å². The molecule has 11 nitrogen and oxygen atoms in total. The highest BCUT2D eigenvalue weighted by Crippen LogP contribution is 2.26. The Bertz CT molecular complexity index is 1390. The molecule has 1 aromatic carbocycles. The first-order valence-corrected chi connectivity index (χ1v) is 16.4. The highest BCUT2D eigenvalue weighted by atomic mass is 35.5. The highest BCUT2D eigenvalue weighted by molar-refractivity contribution is 7.89. The number of nitrogens with zero attached hydrogens (tertiary/aromatic N) is 6. The van der Waals surface area contributed by atoms with Crippen molar-refractivity contribution in [1.82, 2.24) is 29.1 Å². The lowest BCUT2D eigenvalue weighted by Gasteiger charge is -2.41. The van der Waals surface area contributed by atoms with Gasteiger partial charge in [0.25, 0.3) is 0 Å². The van der Waals surface area contributed by atoms with Crippen LogP contribution in [0.15, 0.2) is 49.1 Å². The minimum atomic E-state index is -3.47. The van der Waals surface area contributed by atoms with E-state index in [1.807, 2.05) is 29.2 Å². The van der Waals surface area contributed by atoms with Crippen LogP contribution in [-0.2, 0) is 21.4 Å². The lowest BCUT2D eigenvalue weighted by atomic mass is 10.1. The molecule has 0 bridgehead atoms. The van der Waals surface area contributed by atoms with E-state index >= 15 is 0 Å². The number of hydrogen-bond donors (Lipinski definition) is 1. The third-order valence-electron chi connectivity index (χ3n) is 7.36. The van der Waals surface area contributed by atoms with Gasteiger partial charge in [0.1, 0.15) is 23.0 Å². The highest BCUT2D eigenvalue weighted by Gasteiger charge is 2.35. The molecule has 1 fully saturated rings. The van der Waals surface area contributed by atoms with Gasteiger partial charge < -0.3 is 15.0 Å². The third-order valence-corrected chi connectivity index (χ3v) is 9.48. The smallest absolute Gasteiger partial charge is 0.238 e. The summed E-state index contributed by atoms with van der Waals surface area (Å²) in [6, 6.07) is 8.66. The van der Waals surface area contributed by atoms with E-state index in [1.54, 1.807) is 36.5 Å². The monoisotopic (exact) mass is 617 g/mol. The zero-order valence-electron chi connectivity index (χ0n) is 24.3. The molecule has 0 spiro atoms. The molecule has 1 atom stereocenters. The van der Waals surface area contributed by atoms with Crippen molar-refractivity contribution in [1.29, 1.82) is 0 Å². The van der Waals surface area contributed by atoms with Crippen molar-refractivity contribution in [3.63, 3.8) is 0 Å².